The molecule has 17 heavy (non-hydrogen) atoms. The van der Waals surface area contributed by atoms with E-state index in [-0.39, 0.29) is 0 Å². The summed E-state index contributed by atoms with van der Waals surface area (Å²) in [5.74, 6) is 1.67. The standard InChI is InChI=1S/C15H22BrN/c1-10-7-8-14(11(2)9-10)17-15-6-4-5-13(16)12(15)3/h4-6,10-11,14,17H,7-9H2,1-3H3. The number of nitrogens with one attached hydrogen (secondary N) is 1. The van der Waals surface area contributed by atoms with Gasteiger partial charge in [-0.2, -0.15) is 0 Å². The topological polar surface area (TPSA) is 12.0 Å². The summed E-state index contributed by atoms with van der Waals surface area (Å²) in [6, 6.07) is 7.03. The summed E-state index contributed by atoms with van der Waals surface area (Å²) in [5.41, 5.74) is 2.60. The van der Waals surface area contributed by atoms with Crippen LogP contribution in [0.5, 0.6) is 0 Å². The lowest BCUT2D eigenvalue weighted by molar-refractivity contribution is 0.276. The van der Waals surface area contributed by atoms with E-state index in [4.69, 9.17) is 0 Å². The summed E-state index contributed by atoms with van der Waals surface area (Å²) in [7, 11) is 0. The van der Waals surface area contributed by atoms with E-state index >= 15 is 0 Å². The third-order valence-corrected chi connectivity index (χ3v) is 4.90. The van der Waals surface area contributed by atoms with E-state index in [1.807, 2.05) is 0 Å². The van der Waals surface area contributed by atoms with E-state index in [9.17, 15) is 0 Å². The van der Waals surface area contributed by atoms with Crippen LogP contribution in [-0.4, -0.2) is 6.04 Å². The number of benzene rings is 1. The Labute approximate surface area is 113 Å². The Balaban J connectivity index is 2.08. The number of anilines is 1. The Kier molecular flexibility index (Phi) is 4.13. The first-order valence-corrected chi connectivity index (χ1v) is 7.39. The minimum atomic E-state index is 0.638. The van der Waals surface area contributed by atoms with Gasteiger partial charge in [-0.1, -0.05) is 35.8 Å². The Morgan fingerprint density at radius 2 is 2.00 bits per heavy atom. The van der Waals surface area contributed by atoms with E-state index in [1.54, 1.807) is 0 Å². The van der Waals surface area contributed by atoms with Crippen molar-refractivity contribution in [3.8, 4) is 0 Å². The summed E-state index contributed by atoms with van der Waals surface area (Å²) in [6.07, 6.45) is 4.01. The highest BCUT2D eigenvalue weighted by atomic mass is 79.9. The molecule has 1 aliphatic rings. The van der Waals surface area contributed by atoms with Gasteiger partial charge in [-0.25, -0.2) is 0 Å². The molecular formula is C15H22BrN. The third kappa shape index (κ3) is 3.04. The van der Waals surface area contributed by atoms with Crippen LogP contribution in [0.2, 0.25) is 0 Å². The Morgan fingerprint density at radius 1 is 1.24 bits per heavy atom. The maximum atomic E-state index is 3.73. The van der Waals surface area contributed by atoms with Gasteiger partial charge in [-0.05, 0) is 55.7 Å². The predicted octanol–water partition coefficient (Wildman–Crippen LogP) is 4.99. The Morgan fingerprint density at radius 3 is 2.71 bits per heavy atom. The zero-order valence-corrected chi connectivity index (χ0v) is 12.5. The van der Waals surface area contributed by atoms with Gasteiger partial charge in [0.05, 0.1) is 0 Å². The van der Waals surface area contributed by atoms with Gasteiger partial charge in [-0.3, -0.25) is 0 Å². The number of rotatable bonds is 2. The molecule has 1 nitrogen and oxygen atoms in total. The number of halogens is 1. The fourth-order valence-corrected chi connectivity index (χ4v) is 3.21. The van der Waals surface area contributed by atoms with Crippen molar-refractivity contribution >= 4 is 21.6 Å². The molecule has 0 saturated heterocycles. The normalized spacial score (nSPS) is 29.1. The van der Waals surface area contributed by atoms with Crippen LogP contribution in [-0.2, 0) is 0 Å². The van der Waals surface area contributed by atoms with Crippen LogP contribution in [0, 0.1) is 18.8 Å². The fourth-order valence-electron chi connectivity index (χ4n) is 2.84. The van der Waals surface area contributed by atoms with E-state index in [0.717, 1.165) is 11.8 Å². The molecule has 0 aliphatic heterocycles. The largest absolute Gasteiger partial charge is 0.382 e. The maximum absolute atomic E-state index is 3.73. The molecule has 0 radical (unpaired) electrons. The molecule has 0 heterocycles. The fraction of sp³-hybridized carbons (Fsp3) is 0.600. The molecule has 3 unspecified atom stereocenters. The lowest BCUT2D eigenvalue weighted by atomic mass is 9.80. The lowest BCUT2D eigenvalue weighted by Gasteiger charge is -2.34. The average Bonchev–Trinajstić information content (AvgIpc) is 2.28. The molecule has 1 aromatic carbocycles. The van der Waals surface area contributed by atoms with Crippen molar-refractivity contribution in [2.75, 3.05) is 5.32 Å². The zero-order valence-electron chi connectivity index (χ0n) is 11.0. The minimum Gasteiger partial charge on any atom is -0.382 e. The van der Waals surface area contributed by atoms with Crippen molar-refractivity contribution < 1.29 is 0 Å². The molecule has 0 aromatic heterocycles. The molecule has 94 valence electrons. The van der Waals surface area contributed by atoms with Crippen molar-refractivity contribution in [3.63, 3.8) is 0 Å². The van der Waals surface area contributed by atoms with Crippen LogP contribution < -0.4 is 5.32 Å². The van der Waals surface area contributed by atoms with Crippen molar-refractivity contribution in [3.05, 3.63) is 28.2 Å². The van der Waals surface area contributed by atoms with Gasteiger partial charge in [0.2, 0.25) is 0 Å². The van der Waals surface area contributed by atoms with Crippen LogP contribution in [0.3, 0.4) is 0 Å². The molecule has 1 N–H and O–H groups in total. The van der Waals surface area contributed by atoms with Crippen LogP contribution in [0.15, 0.2) is 22.7 Å². The van der Waals surface area contributed by atoms with Crippen molar-refractivity contribution in [2.45, 2.75) is 46.1 Å². The summed E-state index contributed by atoms with van der Waals surface area (Å²) in [5, 5.41) is 3.73. The summed E-state index contributed by atoms with van der Waals surface area (Å²) < 4.78 is 1.19. The van der Waals surface area contributed by atoms with Gasteiger partial charge in [0, 0.05) is 16.2 Å². The highest BCUT2D eigenvalue weighted by molar-refractivity contribution is 9.10. The highest BCUT2D eigenvalue weighted by Gasteiger charge is 2.25. The smallest absolute Gasteiger partial charge is 0.0383 e. The average molecular weight is 296 g/mol. The molecule has 1 aliphatic carbocycles. The molecule has 0 amide bonds. The van der Waals surface area contributed by atoms with E-state index in [2.05, 4.69) is 60.2 Å². The van der Waals surface area contributed by atoms with Gasteiger partial charge in [0.25, 0.3) is 0 Å². The van der Waals surface area contributed by atoms with Crippen molar-refractivity contribution in [1.82, 2.24) is 0 Å². The van der Waals surface area contributed by atoms with Crippen molar-refractivity contribution in [2.24, 2.45) is 11.8 Å². The Bertz CT molecular complexity index is 389. The van der Waals surface area contributed by atoms with Crippen LogP contribution in [0.25, 0.3) is 0 Å². The molecular weight excluding hydrogens is 274 g/mol. The second-order valence-corrected chi connectivity index (χ2v) is 6.41. The molecule has 1 fully saturated rings. The Hall–Kier alpha value is -0.500. The van der Waals surface area contributed by atoms with Crippen LogP contribution >= 0.6 is 15.9 Å². The van der Waals surface area contributed by atoms with Gasteiger partial charge in [0.15, 0.2) is 0 Å². The van der Waals surface area contributed by atoms with Crippen molar-refractivity contribution in [1.29, 1.82) is 0 Å². The van der Waals surface area contributed by atoms with Crippen LogP contribution in [0.1, 0.15) is 38.7 Å². The number of hydrogen-bond acceptors (Lipinski definition) is 1. The second-order valence-electron chi connectivity index (χ2n) is 5.56. The van der Waals surface area contributed by atoms with E-state index in [0.29, 0.717) is 6.04 Å². The summed E-state index contributed by atoms with van der Waals surface area (Å²) in [4.78, 5) is 0. The second kappa shape index (κ2) is 5.43. The molecule has 0 spiro atoms. The number of hydrogen-bond donors (Lipinski definition) is 1. The zero-order chi connectivity index (χ0) is 12.4. The van der Waals surface area contributed by atoms with E-state index < -0.39 is 0 Å². The van der Waals surface area contributed by atoms with Gasteiger partial charge < -0.3 is 5.32 Å². The van der Waals surface area contributed by atoms with Gasteiger partial charge >= 0.3 is 0 Å². The molecule has 2 rings (SSSR count). The van der Waals surface area contributed by atoms with E-state index in [1.165, 1.54) is 35.0 Å². The van der Waals surface area contributed by atoms with Crippen LogP contribution in [0.4, 0.5) is 5.69 Å². The molecule has 1 saturated carbocycles. The molecule has 1 aromatic rings. The minimum absolute atomic E-state index is 0.638. The lowest BCUT2D eigenvalue weighted by Crippen LogP contribution is -2.33. The van der Waals surface area contributed by atoms with Gasteiger partial charge in [-0.15, -0.1) is 0 Å². The third-order valence-electron chi connectivity index (χ3n) is 4.04. The summed E-state index contributed by atoms with van der Waals surface area (Å²) in [6.45, 7) is 6.92. The first-order chi connectivity index (χ1) is 8.08. The summed E-state index contributed by atoms with van der Waals surface area (Å²) >= 11 is 3.60. The monoisotopic (exact) mass is 295 g/mol. The molecule has 0 bridgehead atoms. The van der Waals surface area contributed by atoms with Gasteiger partial charge in [0.1, 0.15) is 0 Å². The molecule has 2 heteroatoms. The SMILES string of the molecule is Cc1c(Br)cccc1NC1CCC(C)CC1C. The molecule has 3 atom stereocenters. The maximum Gasteiger partial charge on any atom is 0.0383 e. The highest BCUT2D eigenvalue weighted by Crippen LogP contribution is 2.32. The first-order valence-electron chi connectivity index (χ1n) is 6.59. The quantitative estimate of drug-likeness (QED) is 0.810. The predicted molar refractivity (Wildman–Crippen MR) is 78.5 cm³/mol. The first kappa shape index (κ1) is 12.9.